The number of para-hydroxylation sites is 1. The van der Waals surface area contributed by atoms with Crippen LogP contribution >= 0.6 is 23.6 Å². The van der Waals surface area contributed by atoms with Gasteiger partial charge in [-0.3, -0.25) is 0 Å². The lowest BCUT2D eigenvalue weighted by Crippen LogP contribution is -2.18. The minimum atomic E-state index is 0.556. The van der Waals surface area contributed by atoms with Crippen LogP contribution in [0.1, 0.15) is 5.69 Å². The fourth-order valence-corrected chi connectivity index (χ4v) is 2.16. The molecule has 2 N–H and O–H groups in total. The molecule has 0 radical (unpaired) electrons. The quantitative estimate of drug-likeness (QED) is 0.801. The zero-order valence-electron chi connectivity index (χ0n) is 8.73. The van der Waals surface area contributed by atoms with E-state index >= 15 is 0 Å². The summed E-state index contributed by atoms with van der Waals surface area (Å²) >= 11 is 6.71. The van der Waals surface area contributed by atoms with Gasteiger partial charge >= 0.3 is 0 Å². The van der Waals surface area contributed by atoms with E-state index in [1.807, 2.05) is 42.6 Å². The third-order valence-corrected chi connectivity index (χ3v) is 2.95. The highest BCUT2D eigenvalue weighted by molar-refractivity contribution is 7.80. The van der Waals surface area contributed by atoms with Gasteiger partial charge in [0.1, 0.15) is 0 Å². The van der Waals surface area contributed by atoms with E-state index in [1.165, 1.54) is 11.3 Å². The third-order valence-electron chi connectivity index (χ3n) is 1.87. The summed E-state index contributed by atoms with van der Waals surface area (Å²) in [5, 5.41) is 9.47. The number of nitrogens with zero attached hydrogens (tertiary/aromatic N) is 1. The van der Waals surface area contributed by atoms with E-state index in [2.05, 4.69) is 15.6 Å². The number of aromatic nitrogens is 1. The second kappa shape index (κ2) is 5.05. The van der Waals surface area contributed by atoms with Gasteiger partial charge < -0.3 is 10.6 Å². The molecular weight excluding hydrogens is 238 g/mol. The van der Waals surface area contributed by atoms with Crippen molar-refractivity contribution < 1.29 is 0 Å². The highest BCUT2D eigenvalue weighted by Gasteiger charge is 2.01. The van der Waals surface area contributed by atoms with Gasteiger partial charge in [0.2, 0.25) is 0 Å². The van der Waals surface area contributed by atoms with Crippen LogP contribution in [-0.2, 0) is 0 Å². The molecule has 82 valence electrons. The van der Waals surface area contributed by atoms with Crippen molar-refractivity contribution in [3.63, 3.8) is 0 Å². The number of hydrogen-bond donors (Lipinski definition) is 2. The Kier molecular flexibility index (Phi) is 3.48. The van der Waals surface area contributed by atoms with Gasteiger partial charge in [0, 0.05) is 11.1 Å². The van der Waals surface area contributed by atoms with E-state index in [9.17, 15) is 0 Å². The molecule has 1 aromatic carbocycles. The highest BCUT2D eigenvalue weighted by atomic mass is 32.1. The van der Waals surface area contributed by atoms with Crippen molar-refractivity contribution in [2.24, 2.45) is 0 Å². The maximum Gasteiger partial charge on any atom is 0.189 e. The van der Waals surface area contributed by atoms with Gasteiger partial charge in [-0.05, 0) is 31.3 Å². The van der Waals surface area contributed by atoms with Crippen LogP contribution in [0.2, 0.25) is 0 Å². The van der Waals surface area contributed by atoms with Gasteiger partial charge in [0.25, 0.3) is 0 Å². The first-order valence-corrected chi connectivity index (χ1v) is 6.08. The Balaban J connectivity index is 1.95. The molecule has 0 unspecified atom stereocenters. The predicted octanol–water partition coefficient (Wildman–Crippen LogP) is 3.26. The van der Waals surface area contributed by atoms with Crippen LogP contribution in [0.5, 0.6) is 0 Å². The minimum Gasteiger partial charge on any atom is -0.332 e. The lowest BCUT2D eigenvalue weighted by Gasteiger charge is -2.07. The van der Waals surface area contributed by atoms with Crippen molar-refractivity contribution in [3.05, 3.63) is 41.4 Å². The van der Waals surface area contributed by atoms with Crippen LogP contribution in [0, 0.1) is 6.92 Å². The van der Waals surface area contributed by atoms with E-state index in [1.54, 1.807) is 0 Å². The first-order chi connectivity index (χ1) is 7.74. The van der Waals surface area contributed by atoms with Gasteiger partial charge in [0.05, 0.1) is 5.69 Å². The fourth-order valence-electron chi connectivity index (χ4n) is 1.19. The largest absolute Gasteiger partial charge is 0.332 e. The van der Waals surface area contributed by atoms with E-state index < -0.39 is 0 Å². The SMILES string of the molecule is Cc1csc(NC(=S)Nc2ccccc2)n1. The molecule has 16 heavy (non-hydrogen) atoms. The molecule has 2 rings (SSSR count). The number of aryl methyl sites for hydroxylation is 1. The molecule has 0 amide bonds. The first kappa shape index (κ1) is 11.0. The van der Waals surface area contributed by atoms with E-state index in [0.29, 0.717) is 5.11 Å². The summed E-state index contributed by atoms with van der Waals surface area (Å²) in [6.45, 7) is 1.95. The third kappa shape index (κ3) is 3.01. The molecule has 3 nitrogen and oxygen atoms in total. The van der Waals surface area contributed by atoms with Gasteiger partial charge in [0.15, 0.2) is 10.2 Å². The number of thiazole rings is 1. The highest BCUT2D eigenvalue weighted by Crippen LogP contribution is 2.15. The van der Waals surface area contributed by atoms with Crippen LogP contribution in [0.15, 0.2) is 35.7 Å². The number of benzene rings is 1. The molecule has 0 aliphatic rings. The smallest absolute Gasteiger partial charge is 0.189 e. The number of rotatable bonds is 2. The zero-order valence-corrected chi connectivity index (χ0v) is 10.4. The molecule has 5 heteroatoms. The molecule has 0 saturated carbocycles. The van der Waals surface area contributed by atoms with Crippen LogP contribution < -0.4 is 10.6 Å². The molecular formula is C11H11N3S2. The average Bonchev–Trinajstić information content (AvgIpc) is 2.65. The summed E-state index contributed by atoms with van der Waals surface area (Å²) in [5.74, 6) is 0. The summed E-state index contributed by atoms with van der Waals surface area (Å²) in [7, 11) is 0. The summed E-state index contributed by atoms with van der Waals surface area (Å²) < 4.78 is 0. The van der Waals surface area contributed by atoms with Crippen molar-refractivity contribution in [1.82, 2.24) is 4.98 Å². The second-order valence-corrected chi connectivity index (χ2v) is 4.51. The topological polar surface area (TPSA) is 37.0 Å². The molecule has 0 aliphatic carbocycles. The van der Waals surface area contributed by atoms with E-state index in [-0.39, 0.29) is 0 Å². The zero-order chi connectivity index (χ0) is 11.4. The molecule has 0 bridgehead atoms. The molecule has 2 aromatic rings. The van der Waals surface area contributed by atoms with Crippen LogP contribution in [0.3, 0.4) is 0 Å². The Morgan fingerprint density at radius 2 is 2.00 bits per heavy atom. The Labute approximate surface area is 104 Å². The van der Waals surface area contributed by atoms with Crippen LogP contribution in [0.4, 0.5) is 10.8 Å². The van der Waals surface area contributed by atoms with E-state index in [4.69, 9.17) is 12.2 Å². The first-order valence-electron chi connectivity index (χ1n) is 4.79. The fraction of sp³-hybridized carbons (Fsp3) is 0.0909. The Hall–Kier alpha value is -1.46. The minimum absolute atomic E-state index is 0.556. The Morgan fingerprint density at radius 3 is 2.62 bits per heavy atom. The van der Waals surface area contributed by atoms with Crippen LogP contribution in [0.25, 0.3) is 0 Å². The van der Waals surface area contributed by atoms with Gasteiger partial charge in [-0.2, -0.15) is 0 Å². The van der Waals surface area contributed by atoms with Crippen molar-refractivity contribution in [1.29, 1.82) is 0 Å². The molecule has 0 atom stereocenters. The summed E-state index contributed by atoms with van der Waals surface area (Å²) in [4.78, 5) is 4.27. The molecule has 1 heterocycles. The summed E-state index contributed by atoms with van der Waals surface area (Å²) in [6.07, 6.45) is 0. The summed E-state index contributed by atoms with van der Waals surface area (Å²) in [5.41, 5.74) is 1.96. The van der Waals surface area contributed by atoms with Crippen molar-refractivity contribution in [2.75, 3.05) is 10.6 Å². The lowest BCUT2D eigenvalue weighted by atomic mass is 10.3. The van der Waals surface area contributed by atoms with Crippen molar-refractivity contribution in [2.45, 2.75) is 6.92 Å². The summed E-state index contributed by atoms with van der Waals surface area (Å²) in [6, 6.07) is 9.80. The normalized spacial score (nSPS) is 9.81. The molecule has 0 fully saturated rings. The lowest BCUT2D eigenvalue weighted by molar-refractivity contribution is 1.27. The van der Waals surface area contributed by atoms with E-state index in [0.717, 1.165) is 16.5 Å². The Bertz CT molecular complexity index is 479. The molecule has 0 spiro atoms. The molecule has 1 aromatic heterocycles. The van der Waals surface area contributed by atoms with Crippen molar-refractivity contribution >= 4 is 39.5 Å². The maximum absolute atomic E-state index is 5.17. The molecule has 0 aliphatic heterocycles. The van der Waals surface area contributed by atoms with Crippen molar-refractivity contribution in [3.8, 4) is 0 Å². The Morgan fingerprint density at radius 1 is 1.25 bits per heavy atom. The molecule has 0 saturated heterocycles. The predicted molar refractivity (Wildman–Crippen MR) is 73.1 cm³/mol. The maximum atomic E-state index is 5.17. The van der Waals surface area contributed by atoms with Gasteiger partial charge in [-0.1, -0.05) is 18.2 Å². The standard InChI is InChI=1S/C11H11N3S2/c1-8-7-16-11(12-8)14-10(15)13-9-5-3-2-4-6-9/h2-7H,1H3,(H2,12,13,14,15). The number of hydrogen-bond acceptors (Lipinski definition) is 3. The van der Waals surface area contributed by atoms with Crippen LogP contribution in [-0.4, -0.2) is 10.1 Å². The van der Waals surface area contributed by atoms with Gasteiger partial charge in [-0.25, -0.2) is 4.98 Å². The number of nitrogens with one attached hydrogen (secondary N) is 2. The average molecular weight is 249 g/mol. The number of thiocarbonyl (C=S) groups is 1. The second-order valence-electron chi connectivity index (χ2n) is 3.24. The monoisotopic (exact) mass is 249 g/mol. The van der Waals surface area contributed by atoms with Gasteiger partial charge in [-0.15, -0.1) is 11.3 Å². The number of anilines is 2.